The van der Waals surface area contributed by atoms with Crippen LogP contribution in [0.4, 0.5) is 0 Å². The van der Waals surface area contributed by atoms with Gasteiger partial charge in [0.15, 0.2) is 11.5 Å². The highest BCUT2D eigenvalue weighted by Gasteiger charge is 2.33. The van der Waals surface area contributed by atoms with E-state index in [0.29, 0.717) is 18.2 Å². The minimum absolute atomic E-state index is 0.0316. The van der Waals surface area contributed by atoms with Crippen molar-refractivity contribution in [3.63, 3.8) is 0 Å². The molecule has 0 saturated carbocycles. The van der Waals surface area contributed by atoms with Crippen LogP contribution in [0.3, 0.4) is 0 Å². The number of aromatic nitrogens is 1. The maximum atomic E-state index is 12.9. The lowest BCUT2D eigenvalue weighted by Crippen LogP contribution is -2.56. The van der Waals surface area contributed by atoms with Gasteiger partial charge in [-0.2, -0.15) is 0 Å². The quantitative estimate of drug-likeness (QED) is 0.875. The molecule has 1 amide bonds. The van der Waals surface area contributed by atoms with Crippen molar-refractivity contribution in [3.05, 3.63) is 17.5 Å². The molecule has 0 spiro atoms. The van der Waals surface area contributed by atoms with Crippen molar-refractivity contribution in [2.45, 2.75) is 45.4 Å². The topological polar surface area (TPSA) is 73.0 Å². The number of piperidine rings is 1. The van der Waals surface area contributed by atoms with E-state index in [1.807, 2.05) is 4.90 Å². The van der Waals surface area contributed by atoms with E-state index < -0.39 is 0 Å². The molecule has 1 aromatic heterocycles. The highest BCUT2D eigenvalue weighted by atomic mass is 16.5. The van der Waals surface area contributed by atoms with E-state index >= 15 is 0 Å². The summed E-state index contributed by atoms with van der Waals surface area (Å²) in [4.78, 5) is 19.4. The Kier molecular flexibility index (Phi) is 5.76. The Morgan fingerprint density at radius 1 is 1.32 bits per heavy atom. The van der Waals surface area contributed by atoms with Gasteiger partial charge in [0.05, 0.1) is 12.6 Å². The van der Waals surface area contributed by atoms with Gasteiger partial charge in [-0.25, -0.2) is 0 Å². The molecule has 3 heterocycles. The van der Waals surface area contributed by atoms with Crippen LogP contribution in [0.15, 0.2) is 10.6 Å². The number of amides is 1. The molecule has 2 fully saturated rings. The summed E-state index contributed by atoms with van der Waals surface area (Å²) in [5.74, 6) is 1.09. The van der Waals surface area contributed by atoms with E-state index in [1.54, 1.807) is 6.07 Å². The second kappa shape index (κ2) is 7.85. The summed E-state index contributed by atoms with van der Waals surface area (Å²) in [6, 6.07) is 1.98. The first-order valence-electron chi connectivity index (χ1n) is 9.29. The molecule has 7 nitrogen and oxygen atoms in total. The Bertz CT molecular complexity index is 581. The summed E-state index contributed by atoms with van der Waals surface area (Å²) in [7, 11) is 2.10. The first-order valence-corrected chi connectivity index (χ1v) is 9.29. The van der Waals surface area contributed by atoms with Crippen LogP contribution in [0.5, 0.6) is 0 Å². The summed E-state index contributed by atoms with van der Waals surface area (Å²) < 4.78 is 5.41. The number of carbonyl (C=O) groups is 1. The molecule has 2 aliphatic rings. The largest absolute Gasteiger partial charge is 0.393 e. The first-order chi connectivity index (χ1) is 11.9. The molecular weight excluding hydrogens is 320 g/mol. The molecule has 0 bridgehead atoms. The van der Waals surface area contributed by atoms with Gasteiger partial charge in [0.25, 0.3) is 5.91 Å². The maximum absolute atomic E-state index is 12.9. The number of aliphatic hydroxyl groups excluding tert-OH is 1. The third-order valence-corrected chi connectivity index (χ3v) is 5.37. The Balaban J connectivity index is 1.63. The molecule has 0 aliphatic carbocycles. The average Bonchev–Trinajstić information content (AvgIpc) is 3.05. The van der Waals surface area contributed by atoms with Gasteiger partial charge in [-0.3, -0.25) is 9.69 Å². The van der Waals surface area contributed by atoms with Crippen LogP contribution in [0.25, 0.3) is 0 Å². The molecule has 1 aromatic rings. The van der Waals surface area contributed by atoms with Crippen LogP contribution >= 0.6 is 0 Å². The predicted octanol–water partition coefficient (Wildman–Crippen LogP) is 1.04. The Morgan fingerprint density at radius 2 is 2.04 bits per heavy atom. The van der Waals surface area contributed by atoms with Crippen molar-refractivity contribution < 1.29 is 14.4 Å². The van der Waals surface area contributed by atoms with Crippen molar-refractivity contribution in [3.8, 4) is 0 Å². The SMILES string of the molecule is CC(C)[C@H]1CN(C)CCN1C(=O)c1cc(CN2CCC(O)CC2)on1. The molecule has 2 aliphatic heterocycles. The number of hydrogen-bond acceptors (Lipinski definition) is 6. The summed E-state index contributed by atoms with van der Waals surface area (Å²) in [5.41, 5.74) is 0.405. The van der Waals surface area contributed by atoms with Crippen LogP contribution in [0, 0.1) is 5.92 Å². The van der Waals surface area contributed by atoms with E-state index in [2.05, 4.69) is 35.9 Å². The van der Waals surface area contributed by atoms with Crippen molar-refractivity contribution in [2.75, 3.05) is 39.8 Å². The van der Waals surface area contributed by atoms with Crippen molar-refractivity contribution in [2.24, 2.45) is 5.92 Å². The van der Waals surface area contributed by atoms with E-state index in [0.717, 1.165) is 51.3 Å². The van der Waals surface area contributed by atoms with E-state index in [4.69, 9.17) is 4.52 Å². The molecule has 1 N–H and O–H groups in total. The number of hydrogen-bond donors (Lipinski definition) is 1. The van der Waals surface area contributed by atoms with Crippen LogP contribution in [-0.2, 0) is 6.54 Å². The lowest BCUT2D eigenvalue weighted by Gasteiger charge is -2.41. The third kappa shape index (κ3) is 4.40. The highest BCUT2D eigenvalue weighted by Crippen LogP contribution is 2.20. The Hall–Kier alpha value is -1.44. The monoisotopic (exact) mass is 350 g/mol. The second-order valence-electron chi connectivity index (χ2n) is 7.76. The highest BCUT2D eigenvalue weighted by molar-refractivity contribution is 5.92. The smallest absolute Gasteiger partial charge is 0.276 e. The molecule has 0 radical (unpaired) electrons. The van der Waals surface area contributed by atoms with Crippen molar-refractivity contribution in [1.82, 2.24) is 19.9 Å². The second-order valence-corrected chi connectivity index (χ2v) is 7.76. The summed E-state index contributed by atoms with van der Waals surface area (Å²) in [6.45, 7) is 9.15. The van der Waals surface area contributed by atoms with Gasteiger partial charge in [-0.1, -0.05) is 19.0 Å². The zero-order valence-electron chi connectivity index (χ0n) is 15.5. The Morgan fingerprint density at radius 3 is 2.72 bits per heavy atom. The average molecular weight is 350 g/mol. The fourth-order valence-corrected chi connectivity index (χ4v) is 3.71. The van der Waals surface area contributed by atoms with Gasteiger partial charge in [0, 0.05) is 44.8 Å². The van der Waals surface area contributed by atoms with Crippen LogP contribution in [0.1, 0.15) is 42.9 Å². The summed E-state index contributed by atoms with van der Waals surface area (Å²) >= 11 is 0. The lowest BCUT2D eigenvalue weighted by molar-refractivity contribution is 0.0393. The molecule has 25 heavy (non-hydrogen) atoms. The fraction of sp³-hybridized carbons (Fsp3) is 0.778. The van der Waals surface area contributed by atoms with Gasteiger partial charge in [0.2, 0.25) is 0 Å². The standard InChI is InChI=1S/C18H30N4O3/c1-13(2)17-12-20(3)8-9-22(17)18(24)16-10-15(25-19-16)11-21-6-4-14(23)5-7-21/h10,13-14,17,23H,4-9,11-12H2,1-3H3/t17-/m1/s1. The van der Waals surface area contributed by atoms with Crippen molar-refractivity contribution in [1.29, 1.82) is 0 Å². The minimum Gasteiger partial charge on any atom is -0.393 e. The fourth-order valence-electron chi connectivity index (χ4n) is 3.71. The minimum atomic E-state index is -0.187. The maximum Gasteiger partial charge on any atom is 0.276 e. The zero-order chi connectivity index (χ0) is 18.0. The van der Waals surface area contributed by atoms with Crippen LogP contribution in [-0.4, -0.2) is 82.8 Å². The van der Waals surface area contributed by atoms with Crippen molar-refractivity contribution >= 4 is 5.91 Å². The van der Waals surface area contributed by atoms with Gasteiger partial charge < -0.3 is 19.4 Å². The Labute approximate surface area is 149 Å². The number of piperazine rings is 1. The number of nitrogens with zero attached hydrogens (tertiary/aromatic N) is 4. The van der Waals surface area contributed by atoms with E-state index in [9.17, 15) is 9.90 Å². The van der Waals surface area contributed by atoms with Gasteiger partial charge in [-0.15, -0.1) is 0 Å². The predicted molar refractivity (Wildman–Crippen MR) is 94.2 cm³/mol. The summed E-state index contributed by atoms with van der Waals surface area (Å²) in [5, 5.41) is 13.6. The molecule has 0 unspecified atom stereocenters. The van der Waals surface area contributed by atoms with Gasteiger partial charge in [-0.05, 0) is 25.8 Å². The number of aliphatic hydroxyl groups is 1. The summed E-state index contributed by atoms with van der Waals surface area (Å²) in [6.07, 6.45) is 1.39. The lowest BCUT2D eigenvalue weighted by atomic mass is 9.99. The molecule has 1 atom stereocenters. The third-order valence-electron chi connectivity index (χ3n) is 5.37. The number of carbonyl (C=O) groups excluding carboxylic acids is 1. The first kappa shape index (κ1) is 18.4. The van der Waals surface area contributed by atoms with Gasteiger partial charge >= 0.3 is 0 Å². The van der Waals surface area contributed by atoms with Crippen LogP contribution in [0.2, 0.25) is 0 Å². The molecule has 7 heteroatoms. The van der Waals surface area contributed by atoms with E-state index in [-0.39, 0.29) is 18.1 Å². The molecular formula is C18H30N4O3. The van der Waals surface area contributed by atoms with Gasteiger partial charge in [0.1, 0.15) is 0 Å². The normalized spacial score (nSPS) is 24.2. The zero-order valence-corrected chi connectivity index (χ0v) is 15.5. The molecule has 0 aromatic carbocycles. The number of rotatable bonds is 4. The number of likely N-dealkylation sites (tertiary alicyclic amines) is 1. The molecule has 2 saturated heterocycles. The number of likely N-dealkylation sites (N-methyl/N-ethyl adjacent to an activating group) is 1. The molecule has 3 rings (SSSR count). The molecule has 140 valence electrons. The van der Waals surface area contributed by atoms with Crippen LogP contribution < -0.4 is 0 Å². The van der Waals surface area contributed by atoms with E-state index in [1.165, 1.54) is 0 Å².